The third-order valence-corrected chi connectivity index (χ3v) is 7.30. The van der Waals surface area contributed by atoms with Gasteiger partial charge in [-0.15, -0.1) is 11.3 Å². The number of thiophene rings is 1. The van der Waals surface area contributed by atoms with Crippen molar-refractivity contribution in [1.29, 1.82) is 5.41 Å². The van der Waals surface area contributed by atoms with Crippen molar-refractivity contribution in [1.82, 2.24) is 9.80 Å². The van der Waals surface area contributed by atoms with Crippen LogP contribution in [0.5, 0.6) is 0 Å². The number of carbonyl (C=O) groups is 4. The zero-order valence-corrected chi connectivity index (χ0v) is 20.1. The third-order valence-electron chi connectivity index (χ3n) is 6.27. The number of ether oxygens (including phenoxy) is 1. The van der Waals surface area contributed by atoms with Crippen LogP contribution in [0, 0.1) is 12.3 Å². The lowest BCUT2D eigenvalue weighted by molar-refractivity contribution is -0.143. The summed E-state index contributed by atoms with van der Waals surface area (Å²) in [7, 11) is 1.20. The summed E-state index contributed by atoms with van der Waals surface area (Å²) in [5.41, 5.74) is 6.03. The molecule has 183 valence electrons. The highest BCUT2D eigenvalue weighted by Crippen LogP contribution is 2.31. The summed E-state index contributed by atoms with van der Waals surface area (Å²) in [4.78, 5) is 57.9. The van der Waals surface area contributed by atoms with Gasteiger partial charge in [0.05, 0.1) is 24.1 Å². The first-order chi connectivity index (χ1) is 16.3. The van der Waals surface area contributed by atoms with Crippen LogP contribution in [0.2, 0.25) is 0 Å². The Morgan fingerprint density at radius 2 is 1.97 bits per heavy atom. The Morgan fingerprint density at radius 1 is 1.26 bits per heavy atom. The number of hydrogen-bond acceptors (Lipinski definition) is 8. The first kappa shape index (κ1) is 25.7. The van der Waals surface area contributed by atoms with Crippen LogP contribution in [0.4, 0.5) is 0 Å². The smallest absolute Gasteiger partial charge is 0.349 e. The van der Waals surface area contributed by atoms with Gasteiger partial charge in [-0.05, 0) is 38.2 Å². The summed E-state index contributed by atoms with van der Waals surface area (Å²) in [6, 6.07) is -0.972. The van der Waals surface area contributed by atoms with Crippen LogP contribution in [0.25, 0.3) is 0 Å². The van der Waals surface area contributed by atoms with E-state index in [4.69, 9.17) is 11.1 Å². The van der Waals surface area contributed by atoms with E-state index >= 15 is 0 Å². The number of nitrogens with two attached hydrogens (primary N) is 1. The van der Waals surface area contributed by atoms with E-state index < -0.39 is 17.9 Å². The second-order valence-electron chi connectivity index (χ2n) is 8.34. The number of methoxy groups -OCH3 is 1. The Kier molecular flexibility index (Phi) is 8.67. The van der Waals surface area contributed by atoms with Crippen LogP contribution in [0.1, 0.15) is 65.7 Å². The van der Waals surface area contributed by atoms with Crippen molar-refractivity contribution in [3.63, 3.8) is 0 Å². The number of amides is 3. The molecule has 0 spiro atoms. The van der Waals surface area contributed by atoms with Gasteiger partial charge in [-0.2, -0.15) is 0 Å². The summed E-state index contributed by atoms with van der Waals surface area (Å²) in [6.45, 7) is 4.20. The minimum absolute atomic E-state index is 0.188. The zero-order chi connectivity index (χ0) is 24.8. The van der Waals surface area contributed by atoms with E-state index in [1.807, 2.05) is 0 Å². The molecule has 11 heteroatoms. The van der Waals surface area contributed by atoms with Gasteiger partial charge in [0.25, 0.3) is 11.8 Å². The van der Waals surface area contributed by atoms with E-state index in [0.29, 0.717) is 37.1 Å². The fraction of sp³-hybridized carbons (Fsp3) is 0.522. The number of carbonyl (C=O) groups excluding carboxylic acids is 4. The molecule has 0 bridgehead atoms. The Bertz CT molecular complexity index is 998. The minimum Gasteiger partial charge on any atom is -0.465 e. The average Bonchev–Trinajstić information content (AvgIpc) is 3.49. The van der Waals surface area contributed by atoms with E-state index in [2.05, 4.69) is 16.7 Å². The third kappa shape index (κ3) is 5.41. The molecule has 10 nitrogen and oxygen atoms in total. The summed E-state index contributed by atoms with van der Waals surface area (Å²) >= 11 is 1.10. The molecule has 1 saturated heterocycles. The van der Waals surface area contributed by atoms with Gasteiger partial charge in [0.2, 0.25) is 5.91 Å². The largest absolute Gasteiger partial charge is 0.465 e. The molecule has 3 N–H and O–H groups in total. The lowest BCUT2D eigenvalue weighted by Gasteiger charge is -2.36. The van der Waals surface area contributed by atoms with Gasteiger partial charge in [-0.25, -0.2) is 9.79 Å². The number of hydrogen-bond donors (Lipinski definition) is 2. The van der Waals surface area contributed by atoms with Crippen LogP contribution in [0.15, 0.2) is 10.4 Å². The minimum atomic E-state index is -0.712. The number of nitrogens with zero attached hydrogens (tertiary/aromatic N) is 3. The van der Waals surface area contributed by atoms with Crippen molar-refractivity contribution >= 4 is 47.1 Å². The second kappa shape index (κ2) is 11.5. The molecule has 3 rings (SSSR count). The molecule has 0 unspecified atom stereocenters. The molecule has 1 atom stereocenters. The summed E-state index contributed by atoms with van der Waals surface area (Å²) in [5, 5.41) is 9.69. The van der Waals surface area contributed by atoms with E-state index in [1.54, 1.807) is 5.38 Å². The molecule has 2 aliphatic rings. The predicted molar refractivity (Wildman–Crippen MR) is 128 cm³/mol. The van der Waals surface area contributed by atoms with Crippen LogP contribution in [-0.4, -0.2) is 77.8 Å². The van der Waals surface area contributed by atoms with Crippen molar-refractivity contribution < 1.29 is 23.9 Å². The SMILES string of the molecule is [CH2]c1c(C(=O)N(C(=O)[C@@H]2CCCN2C(=O)CN)C2CCCCC2)csc1C(=N)N=CC(=O)OC. The molecule has 1 aromatic heterocycles. The Balaban J connectivity index is 1.91. The van der Waals surface area contributed by atoms with E-state index in [-0.39, 0.29) is 41.4 Å². The Hall–Kier alpha value is -2.92. The Morgan fingerprint density at radius 3 is 2.62 bits per heavy atom. The topological polar surface area (TPSA) is 146 Å². The monoisotopic (exact) mass is 488 g/mol. The number of esters is 1. The standard InChI is InChI=1S/C23H30N5O5S/c1-14-16(13-34-20(14)21(25)26-12-19(30)33-2)22(31)28(15-7-4-3-5-8-15)23(32)17-9-6-10-27(17)18(29)11-24/h12-13,15,17,25H,1,3-11,24H2,2H3/t17-/m0/s1. The van der Waals surface area contributed by atoms with Crippen molar-refractivity contribution in [3.05, 3.63) is 28.3 Å². The molecule has 0 aromatic carbocycles. The molecule has 1 aliphatic carbocycles. The zero-order valence-electron chi connectivity index (χ0n) is 19.2. The number of amidine groups is 1. The molecule has 1 saturated carbocycles. The van der Waals surface area contributed by atoms with E-state index in [0.717, 1.165) is 36.8 Å². The maximum absolute atomic E-state index is 13.7. The van der Waals surface area contributed by atoms with Gasteiger partial charge < -0.3 is 15.4 Å². The maximum Gasteiger partial charge on any atom is 0.349 e. The lowest BCUT2D eigenvalue weighted by atomic mass is 9.92. The van der Waals surface area contributed by atoms with Crippen LogP contribution >= 0.6 is 11.3 Å². The van der Waals surface area contributed by atoms with Gasteiger partial charge in [0.1, 0.15) is 12.3 Å². The van der Waals surface area contributed by atoms with Gasteiger partial charge in [0.15, 0.2) is 5.84 Å². The average molecular weight is 489 g/mol. The molecule has 2 fully saturated rings. The van der Waals surface area contributed by atoms with E-state index in [9.17, 15) is 19.2 Å². The quantitative estimate of drug-likeness (QED) is 0.270. The van der Waals surface area contributed by atoms with Gasteiger partial charge in [-0.1, -0.05) is 19.3 Å². The number of imide groups is 1. The highest BCUT2D eigenvalue weighted by Gasteiger charge is 2.41. The fourth-order valence-electron chi connectivity index (χ4n) is 4.50. The summed E-state index contributed by atoms with van der Waals surface area (Å²) in [6.07, 6.45) is 6.33. The van der Waals surface area contributed by atoms with Crippen LogP contribution in [-0.2, 0) is 19.1 Å². The number of nitrogens with one attached hydrogen (secondary N) is 1. The molecular formula is C23H30N5O5S. The second-order valence-corrected chi connectivity index (χ2v) is 9.22. The van der Waals surface area contributed by atoms with Gasteiger partial charge in [-0.3, -0.25) is 24.7 Å². The first-order valence-electron chi connectivity index (χ1n) is 11.3. The highest BCUT2D eigenvalue weighted by atomic mass is 32.1. The Labute approximate surface area is 202 Å². The fourth-order valence-corrected chi connectivity index (χ4v) is 5.40. The molecule has 1 aromatic rings. The maximum atomic E-state index is 13.7. The van der Waals surface area contributed by atoms with Gasteiger partial charge >= 0.3 is 5.97 Å². The lowest BCUT2D eigenvalue weighted by Crippen LogP contribution is -2.54. The number of rotatable bonds is 6. The number of aliphatic imine (C=N–C) groups is 1. The molecule has 2 heterocycles. The van der Waals surface area contributed by atoms with Crippen molar-refractivity contribution in [3.8, 4) is 0 Å². The summed E-state index contributed by atoms with van der Waals surface area (Å²) < 4.78 is 4.49. The van der Waals surface area contributed by atoms with Crippen LogP contribution < -0.4 is 5.73 Å². The molecule has 1 radical (unpaired) electrons. The van der Waals surface area contributed by atoms with Crippen molar-refractivity contribution in [2.75, 3.05) is 20.2 Å². The molecule has 3 amide bonds. The highest BCUT2D eigenvalue weighted by molar-refractivity contribution is 7.12. The van der Waals surface area contributed by atoms with Crippen molar-refractivity contribution in [2.24, 2.45) is 10.7 Å². The number of likely N-dealkylation sites (tertiary alicyclic amines) is 1. The van der Waals surface area contributed by atoms with Crippen molar-refractivity contribution in [2.45, 2.75) is 57.0 Å². The first-order valence-corrected chi connectivity index (χ1v) is 12.2. The summed E-state index contributed by atoms with van der Waals surface area (Å²) in [5.74, 6) is -2.11. The van der Waals surface area contributed by atoms with Gasteiger partial charge in [0, 0.05) is 18.0 Å². The van der Waals surface area contributed by atoms with Crippen LogP contribution in [0.3, 0.4) is 0 Å². The molecule has 1 aliphatic heterocycles. The molecule has 34 heavy (non-hydrogen) atoms. The molecular weight excluding hydrogens is 458 g/mol. The van der Waals surface area contributed by atoms with E-state index in [1.165, 1.54) is 16.9 Å². The predicted octanol–water partition coefficient (Wildman–Crippen LogP) is 1.75. The normalized spacial score (nSPS) is 18.8.